The van der Waals surface area contributed by atoms with Crippen molar-refractivity contribution in [2.75, 3.05) is 38.7 Å². The zero-order chi connectivity index (χ0) is 33.5. The standard InChI is InChI=1S/C29H35N9O8/c1-4-38-20(12-16(2)35-38)27(44)34-29-32-18-13-17(26(30)43)14-21(25(18)33-29)46-11-5-9-36(3)28(45)19(15-39)31-22(40)8-10-37-23(41)6-7-24(37)42/h6-7,12-14,19,39H,4-5,8-11,15H2,1-3H3,(H2,30,43)(H,31,40)(H2,32,33,34,44). The number of anilines is 1. The van der Waals surface area contributed by atoms with Gasteiger partial charge in [-0.3, -0.25) is 43.7 Å². The van der Waals surface area contributed by atoms with Crippen molar-refractivity contribution in [2.45, 2.75) is 39.3 Å². The quantitative estimate of drug-likeness (QED) is 0.105. The lowest BCUT2D eigenvalue weighted by molar-refractivity contribution is -0.139. The van der Waals surface area contributed by atoms with Crippen LogP contribution in [0, 0.1) is 6.92 Å². The number of hydrogen-bond acceptors (Lipinski definition) is 10. The number of nitrogens with one attached hydrogen (secondary N) is 3. The summed E-state index contributed by atoms with van der Waals surface area (Å²) in [6, 6.07) is 3.34. The maximum absolute atomic E-state index is 12.9. The van der Waals surface area contributed by atoms with Crippen molar-refractivity contribution in [2.24, 2.45) is 5.73 Å². The fourth-order valence-electron chi connectivity index (χ4n) is 4.72. The van der Waals surface area contributed by atoms with Crippen LogP contribution in [-0.2, 0) is 25.7 Å². The minimum absolute atomic E-state index is 0.0839. The van der Waals surface area contributed by atoms with E-state index in [1.165, 1.54) is 24.1 Å². The van der Waals surface area contributed by atoms with Gasteiger partial charge >= 0.3 is 0 Å². The number of likely N-dealkylation sites (N-methyl/N-ethyl adjacent to an activating group) is 1. The zero-order valence-electron chi connectivity index (χ0n) is 25.5. The molecule has 46 heavy (non-hydrogen) atoms. The number of aliphatic hydroxyl groups excluding tert-OH is 1. The van der Waals surface area contributed by atoms with E-state index in [9.17, 15) is 33.9 Å². The summed E-state index contributed by atoms with van der Waals surface area (Å²) >= 11 is 0. The molecule has 2 aromatic heterocycles. The van der Waals surface area contributed by atoms with Gasteiger partial charge < -0.3 is 30.8 Å². The maximum atomic E-state index is 12.9. The van der Waals surface area contributed by atoms with Gasteiger partial charge in [0.2, 0.25) is 23.7 Å². The number of H-pyrrole nitrogens is 1. The lowest BCUT2D eigenvalue weighted by atomic mass is 10.1. The van der Waals surface area contributed by atoms with Gasteiger partial charge in [0.05, 0.1) is 24.4 Å². The number of imidazole rings is 1. The van der Waals surface area contributed by atoms with Crippen LogP contribution >= 0.6 is 0 Å². The molecule has 17 heteroatoms. The number of benzene rings is 1. The predicted octanol–water partition coefficient (Wildman–Crippen LogP) is -0.542. The van der Waals surface area contributed by atoms with E-state index >= 15 is 0 Å². The van der Waals surface area contributed by atoms with Crippen LogP contribution in [0.4, 0.5) is 5.95 Å². The van der Waals surface area contributed by atoms with Crippen molar-refractivity contribution in [3.63, 3.8) is 0 Å². The summed E-state index contributed by atoms with van der Waals surface area (Å²) in [7, 11) is 1.49. The molecule has 0 bridgehead atoms. The van der Waals surface area contributed by atoms with Crippen LogP contribution in [0.2, 0.25) is 0 Å². The first-order valence-corrected chi connectivity index (χ1v) is 14.4. The second-order valence-corrected chi connectivity index (χ2v) is 10.4. The van der Waals surface area contributed by atoms with Crippen molar-refractivity contribution in [3.05, 3.63) is 47.3 Å². The van der Waals surface area contributed by atoms with Crippen LogP contribution in [0.25, 0.3) is 11.0 Å². The smallest absolute Gasteiger partial charge is 0.276 e. The summed E-state index contributed by atoms with van der Waals surface area (Å²) in [4.78, 5) is 82.9. The predicted molar refractivity (Wildman–Crippen MR) is 162 cm³/mol. The van der Waals surface area contributed by atoms with E-state index in [0.717, 1.165) is 17.1 Å². The number of carbonyl (C=O) groups is 6. The van der Waals surface area contributed by atoms with Crippen LogP contribution in [0.5, 0.6) is 5.75 Å². The Morgan fingerprint density at radius 3 is 2.52 bits per heavy atom. The molecule has 6 N–H and O–H groups in total. The number of aromatic nitrogens is 4. The number of rotatable bonds is 15. The summed E-state index contributed by atoms with van der Waals surface area (Å²) < 4.78 is 7.45. The Kier molecular flexibility index (Phi) is 10.5. The molecule has 3 aromatic rings. The van der Waals surface area contributed by atoms with Crippen LogP contribution in [0.15, 0.2) is 30.4 Å². The second kappa shape index (κ2) is 14.5. The molecule has 244 valence electrons. The molecule has 0 spiro atoms. The molecule has 0 fully saturated rings. The first-order chi connectivity index (χ1) is 21.9. The third-order valence-corrected chi connectivity index (χ3v) is 7.05. The lowest BCUT2D eigenvalue weighted by Crippen LogP contribution is -2.50. The van der Waals surface area contributed by atoms with Crippen molar-refractivity contribution in [1.82, 2.24) is 34.9 Å². The van der Waals surface area contributed by atoms with Gasteiger partial charge in [0.1, 0.15) is 23.0 Å². The van der Waals surface area contributed by atoms with E-state index in [4.69, 9.17) is 10.5 Å². The summed E-state index contributed by atoms with van der Waals surface area (Å²) in [5.41, 5.74) is 7.41. The van der Waals surface area contributed by atoms with E-state index in [-0.39, 0.29) is 43.4 Å². The molecule has 1 aliphatic rings. The molecule has 0 aliphatic carbocycles. The number of imide groups is 1. The van der Waals surface area contributed by atoms with Gasteiger partial charge in [-0.1, -0.05) is 0 Å². The lowest BCUT2D eigenvalue weighted by Gasteiger charge is -2.23. The van der Waals surface area contributed by atoms with Crippen LogP contribution in [-0.4, -0.2) is 109 Å². The molecule has 0 radical (unpaired) electrons. The van der Waals surface area contributed by atoms with E-state index in [1.807, 2.05) is 6.92 Å². The Hall–Kier alpha value is -5.58. The Labute approximate surface area is 262 Å². The largest absolute Gasteiger partial charge is 0.491 e. The normalized spacial score (nSPS) is 13.3. The first-order valence-electron chi connectivity index (χ1n) is 14.4. The van der Waals surface area contributed by atoms with E-state index in [0.29, 0.717) is 35.4 Å². The molecule has 1 atom stereocenters. The first kappa shape index (κ1) is 33.3. The highest BCUT2D eigenvalue weighted by molar-refractivity contribution is 6.13. The highest BCUT2D eigenvalue weighted by Gasteiger charge is 2.26. The van der Waals surface area contributed by atoms with E-state index < -0.39 is 48.1 Å². The highest BCUT2D eigenvalue weighted by atomic mass is 16.5. The maximum Gasteiger partial charge on any atom is 0.276 e. The third-order valence-electron chi connectivity index (χ3n) is 7.05. The number of fused-ring (bicyclic) bond motifs is 1. The number of primary amides is 1. The fraction of sp³-hybridized carbons (Fsp3) is 0.379. The van der Waals surface area contributed by atoms with Crippen molar-refractivity contribution < 1.29 is 38.6 Å². The van der Waals surface area contributed by atoms with Gasteiger partial charge in [0.15, 0.2) is 0 Å². The molecule has 1 aliphatic heterocycles. The molecule has 1 aromatic carbocycles. The van der Waals surface area contributed by atoms with Crippen molar-refractivity contribution >= 4 is 52.4 Å². The summed E-state index contributed by atoms with van der Waals surface area (Å²) in [5.74, 6) is -3.02. The van der Waals surface area contributed by atoms with Gasteiger partial charge in [-0.15, -0.1) is 0 Å². The average molecular weight is 638 g/mol. The van der Waals surface area contributed by atoms with Crippen molar-refractivity contribution in [1.29, 1.82) is 0 Å². The molecule has 4 rings (SSSR count). The molecule has 6 amide bonds. The van der Waals surface area contributed by atoms with Gasteiger partial charge in [-0.05, 0) is 38.5 Å². The molecule has 3 heterocycles. The second-order valence-electron chi connectivity index (χ2n) is 10.4. The monoisotopic (exact) mass is 637 g/mol. The zero-order valence-corrected chi connectivity index (χ0v) is 25.5. The minimum Gasteiger partial charge on any atom is -0.491 e. The number of hydrogen-bond donors (Lipinski definition) is 5. The van der Waals surface area contributed by atoms with Crippen LogP contribution in [0.3, 0.4) is 0 Å². The SMILES string of the molecule is CCn1nc(C)cc1C(=O)Nc1nc2c(OCCCN(C)C(=O)C(CO)NC(=O)CCN3C(=O)C=CC3=O)cc(C(N)=O)cc2[nH]1. The van der Waals surface area contributed by atoms with E-state index in [1.54, 1.807) is 17.7 Å². The Bertz CT molecular complexity index is 1690. The highest BCUT2D eigenvalue weighted by Crippen LogP contribution is 2.28. The van der Waals surface area contributed by atoms with Gasteiger partial charge in [-0.2, -0.15) is 5.10 Å². The molecule has 0 saturated carbocycles. The number of ether oxygens (including phenoxy) is 1. The number of amides is 6. The fourth-order valence-corrected chi connectivity index (χ4v) is 4.72. The molecular formula is C29H35N9O8. The topological polar surface area (TPSA) is 235 Å². The molecule has 17 nitrogen and oxygen atoms in total. The molecule has 0 saturated heterocycles. The van der Waals surface area contributed by atoms with Crippen LogP contribution in [0.1, 0.15) is 46.3 Å². The minimum atomic E-state index is -1.23. The Morgan fingerprint density at radius 2 is 1.87 bits per heavy atom. The summed E-state index contributed by atoms with van der Waals surface area (Å²) in [6.07, 6.45) is 2.29. The number of aryl methyl sites for hydroxylation is 2. The summed E-state index contributed by atoms with van der Waals surface area (Å²) in [6.45, 7) is 3.58. The Balaban J connectivity index is 1.33. The number of carbonyl (C=O) groups excluding carboxylic acids is 6. The van der Waals surface area contributed by atoms with Gasteiger partial charge in [0.25, 0.3) is 17.7 Å². The Morgan fingerprint density at radius 1 is 1.15 bits per heavy atom. The van der Waals surface area contributed by atoms with E-state index in [2.05, 4.69) is 25.7 Å². The number of nitrogens with zero attached hydrogens (tertiary/aromatic N) is 5. The summed E-state index contributed by atoms with van der Waals surface area (Å²) in [5, 5.41) is 19.1. The number of nitrogens with two attached hydrogens (primary N) is 1. The third kappa shape index (κ3) is 7.73. The number of aliphatic hydroxyl groups is 1. The van der Waals surface area contributed by atoms with Gasteiger partial charge in [-0.25, -0.2) is 4.98 Å². The molecular weight excluding hydrogens is 602 g/mol. The van der Waals surface area contributed by atoms with Crippen molar-refractivity contribution in [3.8, 4) is 5.75 Å². The van der Waals surface area contributed by atoms with Crippen LogP contribution < -0.4 is 21.1 Å². The molecule has 1 unspecified atom stereocenters. The van der Waals surface area contributed by atoms with Gasteiger partial charge in [0, 0.05) is 50.8 Å². The number of aromatic amines is 1. The average Bonchev–Trinajstić information content (AvgIpc) is 3.71.